The molecule has 21 heavy (non-hydrogen) atoms. The second kappa shape index (κ2) is 7.03. The summed E-state index contributed by atoms with van der Waals surface area (Å²) in [6.45, 7) is 5.40. The van der Waals surface area contributed by atoms with E-state index in [1.807, 2.05) is 0 Å². The average Bonchev–Trinajstić information content (AvgIpc) is 2.43. The van der Waals surface area contributed by atoms with Gasteiger partial charge < -0.3 is 13.8 Å². The highest BCUT2D eigenvalue weighted by molar-refractivity contribution is 7.62. The van der Waals surface area contributed by atoms with Crippen molar-refractivity contribution < 1.29 is 23.1 Å². The second-order valence-electron chi connectivity index (χ2n) is 5.32. The van der Waals surface area contributed by atoms with Crippen LogP contribution in [-0.2, 0) is 23.1 Å². The Labute approximate surface area is 125 Å². The fourth-order valence-electron chi connectivity index (χ4n) is 1.58. The van der Waals surface area contributed by atoms with Crippen LogP contribution in [0.2, 0.25) is 0 Å². The molecule has 0 aromatic heterocycles. The van der Waals surface area contributed by atoms with Crippen LogP contribution in [0.3, 0.4) is 0 Å². The Kier molecular flexibility index (Phi) is 5.90. The van der Waals surface area contributed by atoms with Gasteiger partial charge in [-0.05, 0) is 44.5 Å². The summed E-state index contributed by atoms with van der Waals surface area (Å²) < 4.78 is 27.3. The largest absolute Gasteiger partial charge is 0.457 e. The first-order chi connectivity index (χ1) is 9.70. The fraction of sp³-hybridized carbons (Fsp3) is 0.400. The van der Waals surface area contributed by atoms with Gasteiger partial charge in [0.25, 0.3) is 0 Å². The van der Waals surface area contributed by atoms with Crippen molar-refractivity contribution in [3.8, 4) is 0 Å². The molecule has 0 amide bonds. The van der Waals surface area contributed by atoms with E-state index in [-0.39, 0.29) is 0 Å². The third-order valence-electron chi connectivity index (χ3n) is 2.49. The predicted molar refractivity (Wildman–Crippen MR) is 82.6 cm³/mol. The van der Waals surface area contributed by atoms with Gasteiger partial charge in [-0.15, -0.1) is 0 Å². The summed E-state index contributed by atoms with van der Waals surface area (Å²) in [7, 11) is -0.638. The number of benzene rings is 1. The van der Waals surface area contributed by atoms with Gasteiger partial charge in [-0.1, -0.05) is 12.1 Å². The Morgan fingerprint density at radius 1 is 1.19 bits per heavy atom. The summed E-state index contributed by atoms with van der Waals surface area (Å²) in [5.74, 6) is -0.436. The molecule has 0 bridgehead atoms. The average molecular weight is 312 g/mol. The van der Waals surface area contributed by atoms with Crippen LogP contribution in [0, 0.1) is 0 Å². The molecule has 0 saturated heterocycles. The maximum absolute atomic E-state index is 12.3. The molecule has 0 N–H and O–H groups in total. The minimum Gasteiger partial charge on any atom is -0.457 e. The van der Waals surface area contributed by atoms with Crippen LogP contribution < -0.4 is 5.30 Å². The van der Waals surface area contributed by atoms with Crippen molar-refractivity contribution in [3.63, 3.8) is 0 Å². The van der Waals surface area contributed by atoms with Crippen molar-refractivity contribution in [2.45, 2.75) is 26.4 Å². The molecular formula is C15H21O5P. The zero-order valence-corrected chi connectivity index (χ0v) is 13.8. The molecular weight excluding hydrogens is 291 g/mol. The number of carbonyl (C=O) groups is 1. The molecule has 0 aliphatic heterocycles. The van der Waals surface area contributed by atoms with Gasteiger partial charge in [-0.25, -0.2) is 4.79 Å². The second-order valence-corrected chi connectivity index (χ2v) is 7.57. The van der Waals surface area contributed by atoms with Gasteiger partial charge in [-0.2, -0.15) is 0 Å². The molecule has 1 aromatic carbocycles. The first-order valence-corrected chi connectivity index (χ1v) is 7.97. The monoisotopic (exact) mass is 312 g/mol. The minimum absolute atomic E-state index is 0.429. The summed E-state index contributed by atoms with van der Waals surface area (Å²) in [6.07, 6.45) is 2.92. The predicted octanol–water partition coefficient (Wildman–Crippen LogP) is 3.15. The molecule has 0 saturated carbocycles. The van der Waals surface area contributed by atoms with E-state index in [0.717, 1.165) is 0 Å². The van der Waals surface area contributed by atoms with E-state index in [0.29, 0.717) is 10.9 Å². The Balaban J connectivity index is 2.92. The Morgan fingerprint density at radius 2 is 1.81 bits per heavy atom. The van der Waals surface area contributed by atoms with Crippen molar-refractivity contribution >= 4 is 24.9 Å². The number of hydrogen-bond donors (Lipinski definition) is 0. The third kappa shape index (κ3) is 5.46. The summed E-state index contributed by atoms with van der Waals surface area (Å²) in [6, 6.07) is 6.79. The molecule has 0 aliphatic carbocycles. The lowest BCUT2D eigenvalue weighted by Crippen LogP contribution is -2.22. The van der Waals surface area contributed by atoms with Gasteiger partial charge in [0, 0.05) is 20.3 Å². The number of ether oxygens (including phenoxy) is 1. The normalized spacial score (nSPS) is 12.6. The van der Waals surface area contributed by atoms with E-state index in [1.54, 1.807) is 51.1 Å². The number of carbonyl (C=O) groups excluding carboxylic acids is 1. The molecule has 116 valence electrons. The minimum atomic E-state index is -3.29. The molecule has 6 heteroatoms. The summed E-state index contributed by atoms with van der Waals surface area (Å²) in [5, 5.41) is 0.429. The van der Waals surface area contributed by atoms with Gasteiger partial charge in [0.1, 0.15) is 5.60 Å². The third-order valence-corrected chi connectivity index (χ3v) is 4.36. The lowest BCUT2D eigenvalue weighted by atomic mass is 10.2. The quantitative estimate of drug-likeness (QED) is 0.475. The number of hydrogen-bond acceptors (Lipinski definition) is 5. The van der Waals surface area contributed by atoms with E-state index in [4.69, 9.17) is 13.8 Å². The van der Waals surface area contributed by atoms with Crippen molar-refractivity contribution in [2.75, 3.05) is 14.2 Å². The fourth-order valence-corrected chi connectivity index (χ4v) is 2.73. The van der Waals surface area contributed by atoms with Crippen LogP contribution >= 0.6 is 7.60 Å². The SMILES string of the molecule is COP(=O)(OC)c1cccc(/C=C/C(=O)OC(C)(C)C)c1. The van der Waals surface area contributed by atoms with Gasteiger partial charge in [-0.3, -0.25) is 4.57 Å². The highest BCUT2D eigenvalue weighted by Gasteiger charge is 2.24. The smallest absolute Gasteiger partial charge is 0.360 e. The lowest BCUT2D eigenvalue weighted by molar-refractivity contribution is -0.148. The summed E-state index contributed by atoms with van der Waals surface area (Å²) in [4.78, 5) is 11.6. The Hall–Kier alpha value is -1.42. The molecule has 5 nitrogen and oxygen atoms in total. The van der Waals surface area contributed by atoms with E-state index in [2.05, 4.69) is 0 Å². The van der Waals surface area contributed by atoms with E-state index >= 15 is 0 Å². The first-order valence-electron chi connectivity index (χ1n) is 6.43. The van der Waals surface area contributed by atoms with E-state index in [1.165, 1.54) is 20.3 Å². The number of rotatable bonds is 5. The number of esters is 1. The molecule has 0 atom stereocenters. The van der Waals surface area contributed by atoms with Crippen LogP contribution in [0.1, 0.15) is 26.3 Å². The van der Waals surface area contributed by atoms with Gasteiger partial charge >= 0.3 is 13.6 Å². The molecule has 1 rings (SSSR count). The van der Waals surface area contributed by atoms with Crippen LogP contribution in [0.15, 0.2) is 30.3 Å². The van der Waals surface area contributed by atoms with Crippen LogP contribution in [0.5, 0.6) is 0 Å². The van der Waals surface area contributed by atoms with Crippen molar-refractivity contribution in [1.82, 2.24) is 0 Å². The standard InChI is InChI=1S/C15H21O5P/c1-15(2,3)20-14(16)10-9-12-7-6-8-13(11-12)21(17,18-4)19-5/h6-11H,1-5H3/b10-9+. The highest BCUT2D eigenvalue weighted by Crippen LogP contribution is 2.45. The zero-order chi connectivity index (χ0) is 16.1. The highest BCUT2D eigenvalue weighted by atomic mass is 31.2. The van der Waals surface area contributed by atoms with Crippen molar-refractivity contribution in [3.05, 3.63) is 35.9 Å². The summed E-state index contributed by atoms with van der Waals surface area (Å²) in [5.41, 5.74) is 0.165. The topological polar surface area (TPSA) is 61.8 Å². The van der Waals surface area contributed by atoms with Crippen molar-refractivity contribution in [2.24, 2.45) is 0 Å². The first kappa shape index (κ1) is 17.6. The molecule has 0 heterocycles. The maximum Gasteiger partial charge on any atom is 0.360 e. The lowest BCUT2D eigenvalue weighted by Gasteiger charge is -2.18. The van der Waals surface area contributed by atoms with Crippen LogP contribution in [0.25, 0.3) is 6.08 Å². The molecule has 0 radical (unpaired) electrons. The molecule has 1 aromatic rings. The summed E-state index contributed by atoms with van der Waals surface area (Å²) >= 11 is 0. The molecule has 0 aliphatic rings. The van der Waals surface area contributed by atoms with E-state index in [9.17, 15) is 9.36 Å². The van der Waals surface area contributed by atoms with Gasteiger partial charge in [0.05, 0.1) is 5.30 Å². The van der Waals surface area contributed by atoms with Gasteiger partial charge in [0.2, 0.25) is 0 Å². The Morgan fingerprint density at radius 3 is 2.33 bits per heavy atom. The molecule has 0 fully saturated rings. The van der Waals surface area contributed by atoms with E-state index < -0.39 is 19.2 Å². The van der Waals surface area contributed by atoms with Crippen molar-refractivity contribution in [1.29, 1.82) is 0 Å². The Bertz CT molecular complexity index is 564. The molecule has 0 spiro atoms. The van der Waals surface area contributed by atoms with Gasteiger partial charge in [0.15, 0.2) is 0 Å². The van der Waals surface area contributed by atoms with Crippen LogP contribution in [-0.4, -0.2) is 25.8 Å². The molecule has 0 unspecified atom stereocenters. The zero-order valence-electron chi connectivity index (χ0n) is 13.0. The maximum atomic E-state index is 12.3. The van der Waals surface area contributed by atoms with Crippen LogP contribution in [0.4, 0.5) is 0 Å².